The summed E-state index contributed by atoms with van der Waals surface area (Å²) in [6.07, 6.45) is 7.95. The van der Waals surface area contributed by atoms with Gasteiger partial charge in [0, 0.05) is 17.9 Å². The van der Waals surface area contributed by atoms with Crippen LogP contribution in [0.4, 0.5) is 0 Å². The summed E-state index contributed by atoms with van der Waals surface area (Å²) in [7, 11) is 0. The number of benzene rings is 1. The Kier molecular flexibility index (Phi) is 10.1. The third kappa shape index (κ3) is 7.74. The van der Waals surface area contributed by atoms with Gasteiger partial charge in [-0.15, -0.1) is 0 Å². The highest BCUT2D eigenvalue weighted by molar-refractivity contribution is 9.09. The van der Waals surface area contributed by atoms with Crippen molar-refractivity contribution in [3.05, 3.63) is 35.9 Å². The van der Waals surface area contributed by atoms with Crippen LogP contribution in [0.2, 0.25) is 0 Å². The Morgan fingerprint density at radius 2 is 1.68 bits per heavy atom. The average Bonchev–Trinajstić information content (AvgIpc) is 2.47. The normalized spacial score (nSPS) is 12.5. The number of halogens is 1. The molecule has 0 aliphatic carbocycles. The van der Waals surface area contributed by atoms with Crippen LogP contribution in [0, 0.1) is 0 Å². The minimum Gasteiger partial charge on any atom is -0.381 e. The van der Waals surface area contributed by atoms with Crippen molar-refractivity contribution in [3.8, 4) is 0 Å². The first kappa shape index (κ1) is 16.7. The fraction of sp³-hybridized carbons (Fsp3) is 0.647. The molecule has 0 amide bonds. The lowest BCUT2D eigenvalue weighted by atomic mass is 10.0. The number of hydrogen-bond acceptors (Lipinski definition) is 1. The van der Waals surface area contributed by atoms with Gasteiger partial charge in [-0.2, -0.15) is 0 Å². The minimum absolute atomic E-state index is 0.473. The van der Waals surface area contributed by atoms with Crippen LogP contribution in [0.25, 0.3) is 0 Å². The van der Waals surface area contributed by atoms with Gasteiger partial charge in [-0.1, -0.05) is 85.3 Å². The van der Waals surface area contributed by atoms with Gasteiger partial charge in [-0.3, -0.25) is 0 Å². The first-order valence-corrected chi connectivity index (χ1v) is 8.69. The molecule has 1 aromatic rings. The molecule has 1 nitrogen and oxygen atoms in total. The van der Waals surface area contributed by atoms with Gasteiger partial charge < -0.3 is 4.74 Å². The Hall–Kier alpha value is -0.340. The molecule has 0 saturated carbocycles. The minimum atomic E-state index is 0.473. The van der Waals surface area contributed by atoms with E-state index in [9.17, 15) is 0 Å². The van der Waals surface area contributed by atoms with Crippen molar-refractivity contribution >= 4 is 15.9 Å². The molecule has 2 heteroatoms. The van der Waals surface area contributed by atoms with E-state index in [1.807, 2.05) is 0 Å². The van der Waals surface area contributed by atoms with E-state index in [1.165, 1.54) is 44.1 Å². The number of alkyl halides is 1. The topological polar surface area (TPSA) is 9.23 Å². The lowest BCUT2D eigenvalue weighted by Crippen LogP contribution is -2.10. The van der Waals surface area contributed by atoms with Gasteiger partial charge in [0.2, 0.25) is 0 Å². The summed E-state index contributed by atoms with van der Waals surface area (Å²) in [6, 6.07) is 10.6. The average molecular weight is 327 g/mol. The van der Waals surface area contributed by atoms with Crippen LogP contribution in [0.3, 0.4) is 0 Å². The van der Waals surface area contributed by atoms with E-state index in [-0.39, 0.29) is 0 Å². The summed E-state index contributed by atoms with van der Waals surface area (Å²) in [5.41, 5.74) is 1.36. The first-order valence-electron chi connectivity index (χ1n) is 7.57. The maximum absolute atomic E-state index is 5.82. The van der Waals surface area contributed by atoms with Gasteiger partial charge >= 0.3 is 0 Å². The van der Waals surface area contributed by atoms with Crippen molar-refractivity contribution in [3.63, 3.8) is 0 Å². The largest absolute Gasteiger partial charge is 0.381 e. The van der Waals surface area contributed by atoms with Crippen molar-refractivity contribution < 1.29 is 4.74 Å². The van der Waals surface area contributed by atoms with E-state index < -0.39 is 0 Å². The molecular weight excluding hydrogens is 300 g/mol. The van der Waals surface area contributed by atoms with Crippen molar-refractivity contribution in [1.29, 1.82) is 0 Å². The molecule has 1 atom stereocenters. The summed E-state index contributed by atoms with van der Waals surface area (Å²) in [5.74, 6) is 0.473. The van der Waals surface area contributed by atoms with Gasteiger partial charge in [0.15, 0.2) is 0 Å². The highest BCUT2D eigenvalue weighted by Crippen LogP contribution is 2.18. The Labute approximate surface area is 126 Å². The molecule has 0 spiro atoms. The highest BCUT2D eigenvalue weighted by atomic mass is 79.9. The molecule has 0 N–H and O–H groups in total. The monoisotopic (exact) mass is 326 g/mol. The Morgan fingerprint density at radius 1 is 1.00 bits per heavy atom. The van der Waals surface area contributed by atoms with Crippen LogP contribution in [0.5, 0.6) is 0 Å². The zero-order valence-electron chi connectivity index (χ0n) is 12.1. The number of unbranched alkanes of at least 4 members (excludes halogenated alkanes) is 5. The van der Waals surface area contributed by atoms with Crippen LogP contribution >= 0.6 is 15.9 Å². The Bertz CT molecular complexity index is 299. The van der Waals surface area contributed by atoms with Crippen LogP contribution in [0.15, 0.2) is 30.3 Å². The van der Waals surface area contributed by atoms with Crippen LogP contribution in [-0.4, -0.2) is 18.5 Å². The number of hydrogen-bond donors (Lipinski definition) is 0. The van der Waals surface area contributed by atoms with E-state index in [1.54, 1.807) is 0 Å². The summed E-state index contributed by atoms with van der Waals surface area (Å²) < 4.78 is 5.82. The quantitative estimate of drug-likeness (QED) is 0.383. The van der Waals surface area contributed by atoms with Gasteiger partial charge in [0.05, 0.1) is 6.61 Å². The SMILES string of the molecule is CCCCCCCCOCC(CBr)c1ccccc1. The predicted octanol–water partition coefficient (Wildman–Crippen LogP) is 5.54. The standard InChI is InChI=1S/C17H27BrO/c1-2-3-4-5-6-10-13-19-15-17(14-18)16-11-8-7-9-12-16/h7-9,11-12,17H,2-6,10,13-15H2,1H3. The molecule has 0 saturated heterocycles. The second-order valence-electron chi connectivity index (χ2n) is 5.10. The summed E-state index contributed by atoms with van der Waals surface area (Å²) in [5, 5.41) is 0.966. The van der Waals surface area contributed by atoms with E-state index in [0.29, 0.717) is 5.92 Å². The molecule has 1 rings (SSSR count). The molecule has 0 heterocycles. The maximum atomic E-state index is 5.82. The third-order valence-corrected chi connectivity index (χ3v) is 4.20. The third-order valence-electron chi connectivity index (χ3n) is 3.42. The molecule has 0 aliphatic heterocycles. The second kappa shape index (κ2) is 11.5. The summed E-state index contributed by atoms with van der Waals surface area (Å²) in [4.78, 5) is 0. The van der Waals surface area contributed by atoms with Crippen LogP contribution in [-0.2, 0) is 4.74 Å². The fourth-order valence-electron chi connectivity index (χ4n) is 2.17. The molecule has 0 bridgehead atoms. The molecule has 108 valence electrons. The Balaban J connectivity index is 2.07. The summed E-state index contributed by atoms with van der Waals surface area (Å²) in [6.45, 7) is 3.99. The van der Waals surface area contributed by atoms with Crippen molar-refractivity contribution in [2.45, 2.75) is 51.4 Å². The van der Waals surface area contributed by atoms with E-state index in [0.717, 1.165) is 18.5 Å². The number of ether oxygens (including phenoxy) is 1. The lowest BCUT2D eigenvalue weighted by molar-refractivity contribution is 0.120. The van der Waals surface area contributed by atoms with Gasteiger partial charge in [0.25, 0.3) is 0 Å². The zero-order chi connectivity index (χ0) is 13.8. The van der Waals surface area contributed by atoms with Gasteiger partial charge in [-0.05, 0) is 12.0 Å². The lowest BCUT2D eigenvalue weighted by Gasteiger charge is -2.14. The molecule has 1 aromatic carbocycles. The second-order valence-corrected chi connectivity index (χ2v) is 5.75. The highest BCUT2D eigenvalue weighted by Gasteiger charge is 2.09. The molecule has 19 heavy (non-hydrogen) atoms. The van der Waals surface area contributed by atoms with Gasteiger partial charge in [-0.25, -0.2) is 0 Å². The van der Waals surface area contributed by atoms with E-state index in [4.69, 9.17) is 4.74 Å². The van der Waals surface area contributed by atoms with Crippen molar-refractivity contribution in [2.24, 2.45) is 0 Å². The van der Waals surface area contributed by atoms with E-state index in [2.05, 4.69) is 53.2 Å². The predicted molar refractivity (Wildman–Crippen MR) is 87.2 cm³/mol. The molecule has 0 aromatic heterocycles. The smallest absolute Gasteiger partial charge is 0.0542 e. The molecule has 1 unspecified atom stereocenters. The zero-order valence-corrected chi connectivity index (χ0v) is 13.7. The van der Waals surface area contributed by atoms with Gasteiger partial charge in [0.1, 0.15) is 0 Å². The Morgan fingerprint density at radius 3 is 2.37 bits per heavy atom. The van der Waals surface area contributed by atoms with Crippen molar-refractivity contribution in [2.75, 3.05) is 18.5 Å². The molecule has 0 fully saturated rings. The van der Waals surface area contributed by atoms with Crippen molar-refractivity contribution in [1.82, 2.24) is 0 Å². The van der Waals surface area contributed by atoms with E-state index >= 15 is 0 Å². The van der Waals surface area contributed by atoms with Crippen LogP contribution < -0.4 is 0 Å². The summed E-state index contributed by atoms with van der Waals surface area (Å²) >= 11 is 3.58. The first-order chi connectivity index (χ1) is 9.38. The van der Waals surface area contributed by atoms with Crippen LogP contribution in [0.1, 0.15) is 56.9 Å². The number of rotatable bonds is 11. The molecular formula is C17H27BrO. The maximum Gasteiger partial charge on any atom is 0.0542 e. The molecule has 0 aliphatic rings. The fourth-order valence-corrected chi connectivity index (χ4v) is 2.73. The molecule has 0 radical (unpaired) electrons.